The van der Waals surface area contributed by atoms with Gasteiger partial charge in [0.15, 0.2) is 5.76 Å². The zero-order valence-corrected chi connectivity index (χ0v) is 18.0. The maximum Gasteiger partial charge on any atom is 0.307 e. The number of non-ortho nitro benzene ring substituents is 1. The summed E-state index contributed by atoms with van der Waals surface area (Å²) in [6, 6.07) is 15.9. The highest BCUT2D eigenvalue weighted by Crippen LogP contribution is 2.25. The number of nitro benzene ring substituents is 1. The van der Waals surface area contributed by atoms with E-state index in [4.69, 9.17) is 4.42 Å². The van der Waals surface area contributed by atoms with Gasteiger partial charge in [0, 0.05) is 40.2 Å². The third-order valence-electron chi connectivity index (χ3n) is 5.39. The van der Waals surface area contributed by atoms with E-state index in [1.54, 1.807) is 6.21 Å². The number of aromatic nitrogens is 1. The van der Waals surface area contributed by atoms with Crippen molar-refractivity contribution in [1.82, 2.24) is 9.99 Å². The summed E-state index contributed by atoms with van der Waals surface area (Å²) in [6.45, 7) is 6.17. The molecule has 0 saturated heterocycles. The van der Waals surface area contributed by atoms with Crippen molar-refractivity contribution >= 4 is 28.8 Å². The third kappa shape index (κ3) is 3.90. The standard InChI is InChI=1S/C24H22N4O4/c1-4-17-7-5-6-8-21(17)27-15(2)11-19(16(27)3)14-25-26-24(29)23-13-18-12-20(28(30)31)9-10-22(18)32-23/h5-14H,4H2,1-3H3,(H,26,29)/b25-14+. The number of hydrazone groups is 1. The second-order valence-electron chi connectivity index (χ2n) is 7.43. The molecule has 0 atom stereocenters. The molecule has 0 bridgehead atoms. The van der Waals surface area contributed by atoms with Crippen molar-refractivity contribution in [2.75, 3.05) is 0 Å². The Balaban J connectivity index is 1.54. The highest BCUT2D eigenvalue weighted by molar-refractivity contribution is 5.97. The van der Waals surface area contributed by atoms with Crippen LogP contribution in [0.3, 0.4) is 0 Å². The molecule has 0 aliphatic heterocycles. The van der Waals surface area contributed by atoms with E-state index < -0.39 is 10.8 Å². The first-order valence-corrected chi connectivity index (χ1v) is 10.2. The summed E-state index contributed by atoms with van der Waals surface area (Å²) >= 11 is 0. The second kappa shape index (κ2) is 8.50. The minimum absolute atomic E-state index is 0.0278. The summed E-state index contributed by atoms with van der Waals surface area (Å²) in [6.07, 6.45) is 2.52. The molecule has 8 nitrogen and oxygen atoms in total. The van der Waals surface area contributed by atoms with Crippen LogP contribution in [0.15, 0.2) is 64.1 Å². The molecule has 2 heterocycles. The average molecular weight is 430 g/mol. The van der Waals surface area contributed by atoms with Crippen LogP contribution in [-0.2, 0) is 6.42 Å². The van der Waals surface area contributed by atoms with Crippen molar-refractivity contribution in [3.05, 3.63) is 93.0 Å². The largest absolute Gasteiger partial charge is 0.451 e. The molecule has 0 unspecified atom stereocenters. The van der Waals surface area contributed by atoms with Gasteiger partial charge in [-0.3, -0.25) is 14.9 Å². The van der Waals surface area contributed by atoms with E-state index in [1.807, 2.05) is 32.0 Å². The fraction of sp³-hybridized carbons (Fsp3) is 0.167. The Hall–Kier alpha value is -4.20. The van der Waals surface area contributed by atoms with E-state index in [0.29, 0.717) is 11.0 Å². The molecule has 2 aromatic carbocycles. The maximum atomic E-state index is 12.4. The van der Waals surface area contributed by atoms with Crippen molar-refractivity contribution in [3.8, 4) is 5.69 Å². The number of hydrogen-bond acceptors (Lipinski definition) is 5. The topological polar surface area (TPSA) is 103 Å². The Kier molecular flexibility index (Phi) is 5.59. The Morgan fingerprint density at radius 2 is 1.97 bits per heavy atom. The highest BCUT2D eigenvalue weighted by atomic mass is 16.6. The molecule has 0 radical (unpaired) electrons. The van der Waals surface area contributed by atoms with Crippen LogP contribution in [0.2, 0.25) is 0 Å². The number of furan rings is 1. The summed E-state index contributed by atoms with van der Waals surface area (Å²) in [5.41, 5.74) is 8.12. The molecule has 4 aromatic rings. The van der Waals surface area contributed by atoms with Gasteiger partial charge in [0.05, 0.1) is 11.1 Å². The minimum atomic E-state index is -0.537. The average Bonchev–Trinajstić information content (AvgIpc) is 3.33. The molecular formula is C24H22N4O4. The van der Waals surface area contributed by atoms with Crippen molar-refractivity contribution in [3.63, 3.8) is 0 Å². The first-order valence-electron chi connectivity index (χ1n) is 10.2. The zero-order valence-electron chi connectivity index (χ0n) is 18.0. The number of rotatable bonds is 6. The summed E-state index contributed by atoms with van der Waals surface area (Å²) < 4.78 is 7.66. The molecule has 0 aliphatic rings. The Labute approximate surface area is 184 Å². The number of aryl methyl sites for hydroxylation is 2. The fourth-order valence-electron chi connectivity index (χ4n) is 3.79. The van der Waals surface area contributed by atoms with Crippen LogP contribution >= 0.6 is 0 Å². The first-order chi connectivity index (χ1) is 15.4. The number of carbonyl (C=O) groups excluding carboxylic acids is 1. The van der Waals surface area contributed by atoms with Gasteiger partial charge in [-0.05, 0) is 50.1 Å². The summed E-state index contributed by atoms with van der Waals surface area (Å²) in [7, 11) is 0. The van der Waals surface area contributed by atoms with Crippen molar-refractivity contribution < 1.29 is 14.1 Å². The highest BCUT2D eigenvalue weighted by Gasteiger charge is 2.15. The van der Waals surface area contributed by atoms with Crippen molar-refractivity contribution in [2.45, 2.75) is 27.2 Å². The maximum absolute atomic E-state index is 12.4. The lowest BCUT2D eigenvalue weighted by Gasteiger charge is -2.13. The lowest BCUT2D eigenvalue weighted by molar-refractivity contribution is -0.384. The molecule has 0 saturated carbocycles. The summed E-state index contributed by atoms with van der Waals surface area (Å²) in [5.74, 6) is -0.509. The normalized spacial score (nSPS) is 11.3. The molecule has 32 heavy (non-hydrogen) atoms. The van der Waals surface area contributed by atoms with Crippen molar-refractivity contribution in [2.24, 2.45) is 5.10 Å². The lowest BCUT2D eigenvalue weighted by atomic mass is 10.1. The third-order valence-corrected chi connectivity index (χ3v) is 5.39. The van der Waals surface area contributed by atoms with Gasteiger partial charge in [0.25, 0.3) is 5.69 Å². The van der Waals surface area contributed by atoms with Crippen LogP contribution in [0.5, 0.6) is 0 Å². The van der Waals surface area contributed by atoms with Gasteiger partial charge in [0.1, 0.15) is 5.58 Å². The Morgan fingerprint density at radius 1 is 1.19 bits per heavy atom. The molecule has 0 aliphatic carbocycles. The fourth-order valence-corrected chi connectivity index (χ4v) is 3.79. The van der Waals surface area contributed by atoms with Gasteiger partial charge >= 0.3 is 5.91 Å². The predicted molar refractivity (Wildman–Crippen MR) is 123 cm³/mol. The van der Waals surface area contributed by atoms with E-state index in [-0.39, 0.29) is 11.4 Å². The SMILES string of the molecule is CCc1ccccc1-n1c(C)cc(/C=N/NC(=O)c2cc3cc([N+](=O)[O-])ccc3o2)c1C. The Bertz CT molecular complexity index is 1360. The van der Waals surface area contributed by atoms with Crippen LogP contribution in [-0.4, -0.2) is 21.6 Å². The quantitative estimate of drug-likeness (QED) is 0.262. The van der Waals surface area contributed by atoms with Gasteiger partial charge in [-0.25, -0.2) is 5.43 Å². The number of nitrogens with zero attached hydrogens (tertiary/aromatic N) is 3. The minimum Gasteiger partial charge on any atom is -0.451 e. The van der Waals surface area contributed by atoms with E-state index in [1.165, 1.54) is 29.8 Å². The molecule has 1 amide bonds. The van der Waals surface area contributed by atoms with Gasteiger partial charge in [-0.1, -0.05) is 25.1 Å². The van der Waals surface area contributed by atoms with Crippen LogP contribution in [0, 0.1) is 24.0 Å². The molecule has 162 valence electrons. The van der Waals surface area contributed by atoms with Crippen LogP contribution in [0.4, 0.5) is 5.69 Å². The lowest BCUT2D eigenvalue weighted by Crippen LogP contribution is -2.16. The Morgan fingerprint density at radius 3 is 2.72 bits per heavy atom. The molecule has 0 fully saturated rings. The molecule has 1 N–H and O–H groups in total. The van der Waals surface area contributed by atoms with Gasteiger partial charge in [-0.15, -0.1) is 0 Å². The van der Waals surface area contributed by atoms with Crippen molar-refractivity contribution in [1.29, 1.82) is 0 Å². The molecule has 8 heteroatoms. The van der Waals surface area contributed by atoms with Gasteiger partial charge < -0.3 is 8.98 Å². The first kappa shape index (κ1) is 21.0. The van der Waals surface area contributed by atoms with E-state index in [0.717, 1.165) is 29.1 Å². The predicted octanol–water partition coefficient (Wildman–Crippen LogP) is 5.07. The molecule has 4 rings (SSSR count). The molecule has 0 spiro atoms. The number of para-hydroxylation sites is 1. The number of nitrogens with one attached hydrogen (secondary N) is 1. The number of nitro groups is 1. The molecular weight excluding hydrogens is 408 g/mol. The molecule has 2 aromatic heterocycles. The second-order valence-corrected chi connectivity index (χ2v) is 7.43. The van der Waals surface area contributed by atoms with E-state index >= 15 is 0 Å². The number of carbonyl (C=O) groups is 1. The number of hydrogen-bond donors (Lipinski definition) is 1. The summed E-state index contributed by atoms with van der Waals surface area (Å²) in [4.78, 5) is 22.8. The van der Waals surface area contributed by atoms with Crippen LogP contribution < -0.4 is 5.43 Å². The van der Waals surface area contributed by atoms with Gasteiger partial charge in [-0.2, -0.15) is 5.10 Å². The van der Waals surface area contributed by atoms with E-state index in [9.17, 15) is 14.9 Å². The number of fused-ring (bicyclic) bond motifs is 1. The monoisotopic (exact) mass is 430 g/mol. The van der Waals surface area contributed by atoms with Crippen LogP contribution in [0.25, 0.3) is 16.7 Å². The zero-order chi connectivity index (χ0) is 22.8. The van der Waals surface area contributed by atoms with Crippen LogP contribution in [0.1, 0.15) is 40.0 Å². The number of benzene rings is 2. The number of amides is 1. The van der Waals surface area contributed by atoms with E-state index in [2.05, 4.69) is 34.2 Å². The summed E-state index contributed by atoms with van der Waals surface area (Å²) in [5, 5.41) is 15.5. The smallest absolute Gasteiger partial charge is 0.307 e. The van der Waals surface area contributed by atoms with Gasteiger partial charge in [0.2, 0.25) is 0 Å².